The van der Waals surface area contributed by atoms with Crippen LogP contribution in [-0.4, -0.2) is 93.1 Å². The normalized spacial score (nSPS) is 30.8. The third-order valence-electron chi connectivity index (χ3n) is 8.55. The minimum absolute atomic E-state index is 0.00460. The van der Waals surface area contributed by atoms with E-state index in [1.807, 2.05) is 5.01 Å². The molecule has 2 aromatic carbocycles. The van der Waals surface area contributed by atoms with Crippen LogP contribution in [0.2, 0.25) is 0 Å². The summed E-state index contributed by atoms with van der Waals surface area (Å²) in [5, 5.41) is 46.9. The number of ketones is 3. The molecule has 0 spiro atoms. The number of carbonyl (C=O) groups is 3. The number of phenolic OH excluding ortho intramolecular Hbond substituents is 2. The summed E-state index contributed by atoms with van der Waals surface area (Å²) in [4.78, 5) is 39.9. The lowest BCUT2D eigenvalue weighted by molar-refractivity contribution is -0.251. The molecule has 2 aromatic rings. The zero-order valence-corrected chi connectivity index (χ0v) is 22.8. The fraction of sp³-hybridized carbons (Fsp3) is 0.483. The molecule has 41 heavy (non-hydrogen) atoms. The topological polar surface area (TPSA) is 175 Å². The number of nitrogens with zero attached hydrogens (tertiary/aromatic N) is 1. The maximum absolute atomic E-state index is 13.7. The second kappa shape index (κ2) is 9.86. The number of hydrogen-bond donors (Lipinski definition) is 5. The van der Waals surface area contributed by atoms with E-state index >= 15 is 0 Å². The molecule has 2 aliphatic carbocycles. The first-order chi connectivity index (χ1) is 19.4. The van der Waals surface area contributed by atoms with E-state index in [1.54, 1.807) is 6.92 Å². The highest BCUT2D eigenvalue weighted by atomic mass is 16.7. The van der Waals surface area contributed by atoms with Crippen LogP contribution in [0.4, 0.5) is 0 Å². The number of fused-ring (bicyclic) bond motifs is 3. The Kier molecular flexibility index (Phi) is 6.68. The molecule has 4 aliphatic rings. The first-order valence-electron chi connectivity index (χ1n) is 13.6. The van der Waals surface area contributed by atoms with E-state index in [4.69, 9.17) is 14.2 Å². The Hall–Kier alpha value is -3.39. The first kappa shape index (κ1) is 27.8. The molecule has 0 amide bonds. The summed E-state index contributed by atoms with van der Waals surface area (Å²) in [5.74, 6) is -3.08. The van der Waals surface area contributed by atoms with Crippen molar-refractivity contribution < 1.29 is 49.0 Å². The van der Waals surface area contributed by atoms with Gasteiger partial charge in [-0.25, -0.2) is 10.4 Å². The van der Waals surface area contributed by atoms with Crippen LogP contribution in [0, 0.1) is 0 Å². The van der Waals surface area contributed by atoms with Crippen LogP contribution in [0.25, 0.3) is 0 Å². The Bertz CT molecular complexity index is 1470. The summed E-state index contributed by atoms with van der Waals surface area (Å²) in [6.45, 7) is 4.57. The standard InChI is InChI=1S/C29H32N2O10/c1-12-24(33)16(30-31-7-8-31)9-19(40-12)41-18-11-29(38,13(2)32)10-15-21(18)28(37)23-22(26(15)35)25(34)14-5-4-6-17(39-3)20(14)27(23)36/h4-6,12,16,18-19,24,30,33,35,37-38H,7-11H2,1-3H3/t12?,16?,18-,19?,24?,29-/m0/s1. The second-order valence-corrected chi connectivity index (χ2v) is 11.2. The molecule has 6 atom stereocenters. The summed E-state index contributed by atoms with van der Waals surface area (Å²) >= 11 is 0. The average Bonchev–Trinajstić information content (AvgIpc) is 3.75. The van der Waals surface area contributed by atoms with E-state index in [2.05, 4.69) is 5.43 Å². The lowest BCUT2D eigenvalue weighted by atomic mass is 9.72. The Balaban J connectivity index is 1.45. The van der Waals surface area contributed by atoms with E-state index in [1.165, 1.54) is 32.2 Å². The number of methoxy groups -OCH3 is 1. The number of Topliss-reactive ketones (excluding diaryl/α,β-unsaturated/α-hetero) is 1. The highest BCUT2D eigenvalue weighted by molar-refractivity contribution is 6.31. The summed E-state index contributed by atoms with van der Waals surface area (Å²) in [7, 11) is 1.35. The second-order valence-electron chi connectivity index (χ2n) is 11.2. The molecule has 12 nitrogen and oxygen atoms in total. The molecule has 218 valence electrons. The van der Waals surface area contributed by atoms with Crippen LogP contribution in [0.3, 0.4) is 0 Å². The van der Waals surface area contributed by atoms with Gasteiger partial charge in [0.15, 0.2) is 17.9 Å². The van der Waals surface area contributed by atoms with Gasteiger partial charge in [-0.1, -0.05) is 12.1 Å². The van der Waals surface area contributed by atoms with Gasteiger partial charge >= 0.3 is 0 Å². The SMILES string of the molecule is COc1cccc2c1C(=O)c1c(O)c3c(c(O)c1C2=O)C[C@@](O)(C(C)=O)C[C@@H]3OC1CC(NN2CC2)C(O)C(C)O1. The summed E-state index contributed by atoms with van der Waals surface area (Å²) in [5.41, 5.74) is 0.297. The van der Waals surface area contributed by atoms with Gasteiger partial charge in [0, 0.05) is 49.0 Å². The van der Waals surface area contributed by atoms with E-state index in [0.717, 1.165) is 13.1 Å². The number of phenols is 2. The quantitative estimate of drug-likeness (QED) is 0.210. The molecule has 0 aromatic heterocycles. The molecule has 4 unspecified atom stereocenters. The minimum Gasteiger partial charge on any atom is -0.507 e. The van der Waals surface area contributed by atoms with Crippen molar-refractivity contribution in [2.45, 2.75) is 69.4 Å². The molecule has 2 aliphatic heterocycles. The van der Waals surface area contributed by atoms with Crippen molar-refractivity contribution in [2.24, 2.45) is 0 Å². The van der Waals surface area contributed by atoms with E-state index in [-0.39, 0.29) is 40.8 Å². The Morgan fingerprint density at radius 1 is 1.12 bits per heavy atom. The maximum Gasteiger partial charge on any atom is 0.202 e. The molecule has 12 heteroatoms. The number of benzene rings is 2. The van der Waals surface area contributed by atoms with E-state index in [0.29, 0.717) is 0 Å². The smallest absolute Gasteiger partial charge is 0.202 e. The average molecular weight is 569 g/mol. The van der Waals surface area contributed by atoms with Crippen molar-refractivity contribution >= 4 is 17.3 Å². The molecule has 2 saturated heterocycles. The van der Waals surface area contributed by atoms with Crippen molar-refractivity contribution in [2.75, 3.05) is 20.2 Å². The zero-order chi connectivity index (χ0) is 29.4. The summed E-state index contributed by atoms with van der Waals surface area (Å²) in [6, 6.07) is 4.07. The number of ether oxygens (including phenoxy) is 3. The molecular formula is C29H32N2O10. The van der Waals surface area contributed by atoms with Crippen molar-refractivity contribution in [1.82, 2.24) is 10.4 Å². The molecule has 0 radical (unpaired) electrons. The first-order valence-corrected chi connectivity index (χ1v) is 13.6. The highest BCUT2D eigenvalue weighted by Crippen LogP contribution is 2.52. The van der Waals surface area contributed by atoms with Crippen LogP contribution >= 0.6 is 0 Å². The Morgan fingerprint density at radius 3 is 2.49 bits per heavy atom. The number of hydrogen-bond acceptors (Lipinski definition) is 12. The van der Waals surface area contributed by atoms with Crippen LogP contribution in [-0.2, 0) is 20.7 Å². The van der Waals surface area contributed by atoms with Gasteiger partial charge in [0.2, 0.25) is 5.78 Å². The lowest BCUT2D eigenvalue weighted by Crippen LogP contribution is -2.55. The van der Waals surface area contributed by atoms with Gasteiger partial charge in [-0.15, -0.1) is 0 Å². The largest absolute Gasteiger partial charge is 0.507 e. The van der Waals surface area contributed by atoms with Gasteiger partial charge < -0.3 is 34.6 Å². The molecule has 5 N–H and O–H groups in total. The Labute approximate surface area is 235 Å². The maximum atomic E-state index is 13.7. The highest BCUT2D eigenvalue weighted by Gasteiger charge is 2.49. The van der Waals surface area contributed by atoms with Crippen LogP contribution in [0.5, 0.6) is 17.2 Å². The van der Waals surface area contributed by atoms with Crippen LogP contribution in [0.1, 0.15) is 75.8 Å². The monoisotopic (exact) mass is 568 g/mol. The van der Waals surface area contributed by atoms with E-state index in [9.17, 15) is 34.8 Å². The fourth-order valence-corrected chi connectivity index (χ4v) is 6.17. The molecule has 2 heterocycles. The number of hydrazine groups is 1. The fourth-order valence-electron chi connectivity index (χ4n) is 6.17. The van der Waals surface area contributed by atoms with Crippen molar-refractivity contribution in [3.8, 4) is 17.2 Å². The predicted octanol–water partition coefficient (Wildman–Crippen LogP) is 0.890. The summed E-state index contributed by atoms with van der Waals surface area (Å²) in [6.07, 6.45) is -4.11. The lowest BCUT2D eigenvalue weighted by Gasteiger charge is -2.43. The van der Waals surface area contributed by atoms with E-state index < -0.39 is 82.6 Å². The van der Waals surface area contributed by atoms with Gasteiger partial charge in [0.25, 0.3) is 0 Å². The number of aliphatic hydroxyl groups is 2. The number of carbonyl (C=O) groups excluding carboxylic acids is 3. The third-order valence-corrected chi connectivity index (χ3v) is 8.55. The molecule has 6 rings (SSSR count). The number of nitrogens with one attached hydrogen (secondary N) is 1. The van der Waals surface area contributed by atoms with Crippen LogP contribution in [0.15, 0.2) is 18.2 Å². The van der Waals surface area contributed by atoms with Gasteiger partial charge in [0.1, 0.15) is 22.8 Å². The van der Waals surface area contributed by atoms with Crippen molar-refractivity contribution in [1.29, 1.82) is 0 Å². The predicted molar refractivity (Wildman–Crippen MR) is 141 cm³/mol. The number of aliphatic hydroxyl groups excluding tert-OH is 1. The number of aromatic hydroxyl groups is 2. The van der Waals surface area contributed by atoms with Gasteiger partial charge in [0.05, 0.1) is 48.2 Å². The number of rotatable bonds is 6. The van der Waals surface area contributed by atoms with Gasteiger partial charge in [-0.3, -0.25) is 14.4 Å². The summed E-state index contributed by atoms with van der Waals surface area (Å²) < 4.78 is 17.5. The third kappa shape index (κ3) is 4.42. The van der Waals surface area contributed by atoms with Gasteiger partial charge in [-0.05, 0) is 19.9 Å². The van der Waals surface area contributed by atoms with Gasteiger partial charge in [-0.2, -0.15) is 0 Å². The van der Waals surface area contributed by atoms with Crippen molar-refractivity contribution in [3.63, 3.8) is 0 Å². The minimum atomic E-state index is -1.99. The van der Waals surface area contributed by atoms with Crippen LogP contribution < -0.4 is 10.2 Å². The molecule has 0 saturated carbocycles. The zero-order valence-electron chi connectivity index (χ0n) is 22.8. The molecule has 0 bridgehead atoms. The van der Waals surface area contributed by atoms with Crippen molar-refractivity contribution in [3.05, 3.63) is 51.6 Å². The molecule has 2 fully saturated rings. The Morgan fingerprint density at radius 2 is 1.83 bits per heavy atom. The molecular weight excluding hydrogens is 536 g/mol.